The Hall–Kier alpha value is -4.35. The highest BCUT2D eigenvalue weighted by Crippen LogP contribution is 2.39. The van der Waals surface area contributed by atoms with E-state index in [1.807, 2.05) is 23.8 Å². The van der Waals surface area contributed by atoms with E-state index in [9.17, 15) is 27.6 Å². The van der Waals surface area contributed by atoms with E-state index in [-0.39, 0.29) is 35.0 Å². The number of carbonyl (C=O) groups excluding carboxylic acids is 2. The first-order valence-electron chi connectivity index (χ1n) is 12.5. The standard InChI is InChI=1S/C28H29F4N5O3/c1-14-12-37(13-15(2)36(14)4)24-10-22(30)17(16-5-6-21(29)19(7-16)27(39)33-3)8-23(24)35-28(40)20-11-34-25(38)9-18(20)26(31)32/h6-11,15-16,26H,1,5,12-13H2,2-4H3,(H,33,39)(H,34,38)(H,35,40)/t15-,16?/m0/s1. The lowest BCUT2D eigenvalue weighted by Gasteiger charge is -2.42. The summed E-state index contributed by atoms with van der Waals surface area (Å²) in [6.07, 6.45) is 0.353. The van der Waals surface area contributed by atoms with Crippen LogP contribution in [0.5, 0.6) is 0 Å². The summed E-state index contributed by atoms with van der Waals surface area (Å²) in [7, 11) is 3.23. The van der Waals surface area contributed by atoms with E-state index in [0.717, 1.165) is 11.9 Å². The quantitative estimate of drug-likeness (QED) is 0.457. The van der Waals surface area contributed by atoms with Crippen LogP contribution in [0.1, 0.15) is 47.2 Å². The molecule has 0 bridgehead atoms. The number of rotatable bonds is 6. The third kappa shape index (κ3) is 5.65. The Morgan fingerprint density at radius 2 is 1.90 bits per heavy atom. The van der Waals surface area contributed by atoms with Crippen LogP contribution in [0.3, 0.4) is 0 Å². The zero-order valence-corrected chi connectivity index (χ0v) is 22.2. The van der Waals surface area contributed by atoms with Gasteiger partial charge in [-0.2, -0.15) is 0 Å². The number of piperazine rings is 1. The van der Waals surface area contributed by atoms with E-state index in [2.05, 4.69) is 22.2 Å². The zero-order chi connectivity index (χ0) is 29.3. The number of H-pyrrole nitrogens is 1. The maximum absolute atomic E-state index is 15.7. The Morgan fingerprint density at radius 1 is 1.18 bits per heavy atom. The lowest BCUT2D eigenvalue weighted by Crippen LogP contribution is -2.48. The van der Waals surface area contributed by atoms with Crippen LogP contribution in [0.4, 0.5) is 28.9 Å². The molecule has 2 atom stereocenters. The van der Waals surface area contributed by atoms with E-state index in [1.54, 1.807) is 0 Å². The highest BCUT2D eigenvalue weighted by molar-refractivity contribution is 6.07. The molecule has 1 unspecified atom stereocenters. The fourth-order valence-corrected chi connectivity index (χ4v) is 4.84. The number of allylic oxidation sites excluding steroid dienone is 2. The molecule has 2 heterocycles. The van der Waals surface area contributed by atoms with Crippen molar-refractivity contribution in [1.82, 2.24) is 15.2 Å². The summed E-state index contributed by atoms with van der Waals surface area (Å²) in [6.45, 7) is 6.75. The van der Waals surface area contributed by atoms with Crippen LogP contribution >= 0.6 is 0 Å². The molecule has 1 aliphatic carbocycles. The number of halogens is 4. The van der Waals surface area contributed by atoms with Crippen LogP contribution in [-0.2, 0) is 4.79 Å². The van der Waals surface area contributed by atoms with E-state index in [1.165, 1.54) is 31.3 Å². The third-order valence-corrected chi connectivity index (χ3v) is 7.21. The van der Waals surface area contributed by atoms with Crippen molar-refractivity contribution in [3.63, 3.8) is 0 Å². The van der Waals surface area contributed by atoms with Crippen molar-refractivity contribution < 1.29 is 27.2 Å². The van der Waals surface area contributed by atoms with E-state index < -0.39 is 52.5 Å². The van der Waals surface area contributed by atoms with Crippen LogP contribution in [-0.4, -0.2) is 54.9 Å². The third-order valence-electron chi connectivity index (χ3n) is 7.21. The summed E-state index contributed by atoms with van der Waals surface area (Å²) in [5, 5.41) is 4.95. The average Bonchev–Trinajstić information content (AvgIpc) is 2.91. The summed E-state index contributed by atoms with van der Waals surface area (Å²) in [4.78, 5) is 43.0. The second kappa shape index (κ2) is 11.4. The molecule has 1 aromatic carbocycles. The number of amides is 2. The Bertz CT molecular complexity index is 1480. The van der Waals surface area contributed by atoms with Gasteiger partial charge in [0.1, 0.15) is 11.6 Å². The number of carbonyl (C=O) groups is 2. The largest absolute Gasteiger partial charge is 0.372 e. The number of hydrogen-bond acceptors (Lipinski definition) is 5. The monoisotopic (exact) mass is 559 g/mol. The van der Waals surface area contributed by atoms with Crippen LogP contribution in [0, 0.1) is 5.82 Å². The first kappa shape index (κ1) is 28.7. The maximum atomic E-state index is 15.7. The Balaban J connectivity index is 1.81. The van der Waals surface area contributed by atoms with Gasteiger partial charge in [0.15, 0.2) is 0 Å². The van der Waals surface area contributed by atoms with Crippen molar-refractivity contribution in [1.29, 1.82) is 0 Å². The molecule has 1 aromatic heterocycles. The molecule has 2 aromatic rings. The molecule has 0 saturated carbocycles. The number of alkyl halides is 2. The summed E-state index contributed by atoms with van der Waals surface area (Å²) in [5.74, 6) is -3.75. The Morgan fingerprint density at radius 3 is 2.55 bits per heavy atom. The minimum absolute atomic E-state index is 0.0123. The molecule has 1 saturated heterocycles. The molecular formula is C28H29F4N5O3. The topological polar surface area (TPSA) is 97.5 Å². The number of aromatic amines is 1. The van der Waals surface area contributed by atoms with Crippen LogP contribution < -0.4 is 21.1 Å². The van der Waals surface area contributed by atoms with Crippen molar-refractivity contribution in [3.05, 3.63) is 93.1 Å². The summed E-state index contributed by atoms with van der Waals surface area (Å²) >= 11 is 0. The summed E-state index contributed by atoms with van der Waals surface area (Å²) in [5.41, 5.74) is -1.03. The number of nitrogens with one attached hydrogen (secondary N) is 3. The van der Waals surface area contributed by atoms with Gasteiger partial charge in [0, 0.05) is 56.1 Å². The van der Waals surface area contributed by atoms with Crippen molar-refractivity contribution in [3.8, 4) is 0 Å². The van der Waals surface area contributed by atoms with Crippen LogP contribution in [0.15, 0.2) is 65.0 Å². The zero-order valence-electron chi connectivity index (χ0n) is 22.2. The van der Waals surface area contributed by atoms with Gasteiger partial charge in [0.25, 0.3) is 18.2 Å². The van der Waals surface area contributed by atoms with Gasteiger partial charge in [-0.15, -0.1) is 0 Å². The van der Waals surface area contributed by atoms with Crippen molar-refractivity contribution >= 4 is 23.2 Å². The lowest BCUT2D eigenvalue weighted by molar-refractivity contribution is -0.117. The van der Waals surface area contributed by atoms with E-state index in [4.69, 9.17) is 0 Å². The number of hydrogen-bond donors (Lipinski definition) is 3. The highest BCUT2D eigenvalue weighted by Gasteiger charge is 2.29. The van der Waals surface area contributed by atoms with Crippen LogP contribution in [0.25, 0.3) is 0 Å². The number of anilines is 2. The molecule has 4 rings (SSSR count). The maximum Gasteiger partial charge on any atom is 0.264 e. The number of likely N-dealkylation sites (N-methyl/N-ethyl adjacent to an activating group) is 2. The van der Waals surface area contributed by atoms with Gasteiger partial charge in [0.05, 0.1) is 29.1 Å². The smallest absolute Gasteiger partial charge is 0.264 e. The first-order chi connectivity index (χ1) is 18.9. The average molecular weight is 560 g/mol. The Kier molecular flexibility index (Phi) is 8.17. The van der Waals surface area contributed by atoms with Gasteiger partial charge in [-0.25, -0.2) is 17.6 Å². The molecule has 12 heteroatoms. The summed E-state index contributed by atoms with van der Waals surface area (Å²) in [6, 6.07) is 3.22. The molecule has 1 aliphatic heterocycles. The molecule has 2 aliphatic rings. The number of aromatic nitrogens is 1. The van der Waals surface area contributed by atoms with Gasteiger partial charge < -0.3 is 25.4 Å². The SMILES string of the molecule is C=C1CN(c2cc(F)c(C3C=C(C(=O)NC)C(F)=CC3)cc2NC(=O)c2c[nH]c(=O)cc2C(F)F)C[C@H](C)N1C. The summed E-state index contributed by atoms with van der Waals surface area (Å²) < 4.78 is 57.3. The van der Waals surface area contributed by atoms with Gasteiger partial charge in [-0.3, -0.25) is 14.4 Å². The molecular weight excluding hydrogens is 530 g/mol. The molecule has 2 amide bonds. The normalized spacial score (nSPS) is 19.4. The molecule has 8 nitrogen and oxygen atoms in total. The van der Waals surface area contributed by atoms with Crippen molar-refractivity contribution in [2.24, 2.45) is 0 Å². The van der Waals surface area contributed by atoms with Gasteiger partial charge in [0.2, 0.25) is 5.56 Å². The predicted molar refractivity (Wildman–Crippen MR) is 144 cm³/mol. The molecule has 0 spiro atoms. The molecule has 0 radical (unpaired) electrons. The van der Waals surface area contributed by atoms with Gasteiger partial charge in [-0.1, -0.05) is 12.7 Å². The van der Waals surface area contributed by atoms with Gasteiger partial charge in [-0.05, 0) is 37.1 Å². The molecule has 1 fully saturated rings. The molecule has 3 N–H and O–H groups in total. The van der Waals surface area contributed by atoms with Gasteiger partial charge >= 0.3 is 0 Å². The van der Waals surface area contributed by atoms with E-state index in [0.29, 0.717) is 19.2 Å². The van der Waals surface area contributed by atoms with Crippen LogP contribution in [0.2, 0.25) is 0 Å². The number of nitrogens with zero attached hydrogens (tertiary/aromatic N) is 2. The highest BCUT2D eigenvalue weighted by atomic mass is 19.3. The lowest BCUT2D eigenvalue weighted by atomic mass is 9.87. The minimum atomic E-state index is -3.09. The van der Waals surface area contributed by atoms with E-state index >= 15 is 4.39 Å². The molecule has 212 valence electrons. The van der Waals surface area contributed by atoms with Crippen molar-refractivity contribution in [2.45, 2.75) is 31.7 Å². The number of benzene rings is 1. The predicted octanol–water partition coefficient (Wildman–Crippen LogP) is 4.37. The fraction of sp³-hybridized carbons (Fsp3) is 0.321. The second-order valence-electron chi connectivity index (χ2n) is 9.77. The fourth-order valence-electron chi connectivity index (χ4n) is 4.84. The molecule has 40 heavy (non-hydrogen) atoms. The minimum Gasteiger partial charge on any atom is -0.372 e. The first-order valence-corrected chi connectivity index (χ1v) is 12.5. The van der Waals surface area contributed by atoms with Crippen molar-refractivity contribution in [2.75, 3.05) is 37.4 Å². The number of pyridine rings is 1. The Labute approximate surface area is 228 Å². The second-order valence-corrected chi connectivity index (χ2v) is 9.77.